The Kier molecular flexibility index (Phi) is 19.4. The first-order valence-electron chi connectivity index (χ1n) is 18.8. The predicted octanol–water partition coefficient (Wildman–Crippen LogP) is 2.60. The molecule has 1 fully saturated rings. The van der Waals surface area contributed by atoms with Gasteiger partial charge in [-0.15, -0.1) is 0 Å². The summed E-state index contributed by atoms with van der Waals surface area (Å²) in [6.45, 7) is 27.2. The van der Waals surface area contributed by atoms with E-state index < -0.39 is 46.2 Å². The molecule has 53 heavy (non-hydrogen) atoms. The third-order valence-corrected chi connectivity index (χ3v) is 7.97. The van der Waals surface area contributed by atoms with Crippen LogP contribution < -0.4 is 0 Å². The maximum absolute atomic E-state index is 14.1. The number of nitrogens with zero attached hydrogens (tertiary/aromatic N) is 5. The summed E-state index contributed by atoms with van der Waals surface area (Å²) < 4.78 is 22.4. The van der Waals surface area contributed by atoms with Crippen molar-refractivity contribution in [2.45, 2.75) is 113 Å². The number of aliphatic carboxylic acids is 1. The van der Waals surface area contributed by atoms with Gasteiger partial charge in [-0.2, -0.15) is 0 Å². The molecule has 15 heteroatoms. The van der Waals surface area contributed by atoms with E-state index in [2.05, 4.69) is 0 Å². The molecule has 1 N–H and O–H groups in total. The molecule has 1 saturated heterocycles. The minimum atomic E-state index is -1.10. The van der Waals surface area contributed by atoms with E-state index in [1.54, 1.807) is 62.3 Å². The molecule has 1 amide bonds. The van der Waals surface area contributed by atoms with Crippen molar-refractivity contribution in [2.24, 2.45) is 5.41 Å². The van der Waals surface area contributed by atoms with Gasteiger partial charge in [-0.25, -0.2) is 4.79 Å². The van der Waals surface area contributed by atoms with Crippen molar-refractivity contribution in [3.05, 3.63) is 0 Å². The fourth-order valence-electron chi connectivity index (χ4n) is 5.84. The van der Waals surface area contributed by atoms with Crippen molar-refractivity contribution in [1.82, 2.24) is 24.5 Å². The van der Waals surface area contributed by atoms with E-state index in [1.165, 1.54) is 4.90 Å². The molecule has 15 nitrogen and oxygen atoms in total. The van der Waals surface area contributed by atoms with Gasteiger partial charge in [0.15, 0.2) is 0 Å². The van der Waals surface area contributed by atoms with Gasteiger partial charge < -0.3 is 29.0 Å². The molecule has 0 aromatic carbocycles. The minimum Gasteiger partial charge on any atom is -0.480 e. The summed E-state index contributed by atoms with van der Waals surface area (Å²) in [4.78, 5) is 74.8. The van der Waals surface area contributed by atoms with Gasteiger partial charge in [0.05, 0.1) is 32.8 Å². The van der Waals surface area contributed by atoms with Crippen LogP contribution in [0.5, 0.6) is 0 Å². The molecular formula is C38H71N5O10. The zero-order chi connectivity index (χ0) is 40.8. The van der Waals surface area contributed by atoms with Gasteiger partial charge in [0.1, 0.15) is 22.8 Å². The number of carboxylic acid groups (broad SMARTS) is 1. The van der Waals surface area contributed by atoms with Crippen LogP contribution in [0.3, 0.4) is 0 Å². The SMILES string of the molecule is CCOCCN(C(=O)CN1CCN(CC(=O)OC(C)(C)C)CCN(CC(=O)OC(C)(C)C)CCN(CC(=O)OC(C)(C)C)CC1)C(C(=O)O)C(C)(C)C. The van der Waals surface area contributed by atoms with Crippen molar-refractivity contribution in [3.8, 4) is 0 Å². The second-order valence-electron chi connectivity index (χ2n) is 17.8. The average Bonchev–Trinajstić information content (AvgIpc) is 2.94. The van der Waals surface area contributed by atoms with Crippen LogP contribution in [0.4, 0.5) is 0 Å². The first kappa shape index (κ1) is 48.2. The van der Waals surface area contributed by atoms with Crippen LogP contribution in [0.15, 0.2) is 0 Å². The summed E-state index contributed by atoms with van der Waals surface area (Å²) in [7, 11) is 0. The van der Waals surface area contributed by atoms with Gasteiger partial charge in [0.2, 0.25) is 5.91 Å². The Morgan fingerprint density at radius 2 is 0.868 bits per heavy atom. The molecule has 0 spiro atoms. The van der Waals surface area contributed by atoms with Crippen molar-refractivity contribution >= 4 is 29.8 Å². The van der Waals surface area contributed by atoms with E-state index in [9.17, 15) is 29.1 Å². The maximum Gasteiger partial charge on any atom is 0.326 e. The average molecular weight is 758 g/mol. The summed E-state index contributed by atoms with van der Waals surface area (Å²) in [5.41, 5.74) is -2.77. The fraction of sp³-hybridized carbons (Fsp3) is 0.868. The lowest BCUT2D eigenvalue weighted by Crippen LogP contribution is -2.56. The van der Waals surface area contributed by atoms with Gasteiger partial charge in [0, 0.05) is 65.5 Å². The number of hydrogen-bond acceptors (Lipinski definition) is 13. The summed E-state index contributed by atoms with van der Waals surface area (Å²) in [5, 5.41) is 10.2. The quantitative estimate of drug-likeness (QED) is 0.157. The van der Waals surface area contributed by atoms with E-state index in [0.29, 0.717) is 59.0 Å². The van der Waals surface area contributed by atoms with Crippen LogP contribution in [0.1, 0.15) is 90.0 Å². The standard InChI is InChI=1S/C38H71N5O10/c1-14-50-24-23-43(33(34(48)49)35(2,3)4)29(44)25-39-15-17-40(26-30(45)51-36(5,6)7)19-21-42(28-32(47)53-38(11,12)13)22-20-41(18-16-39)27-31(46)52-37(8,9)10/h33H,14-28H2,1-13H3,(H,48,49). The van der Waals surface area contributed by atoms with Crippen molar-refractivity contribution in [1.29, 1.82) is 0 Å². The van der Waals surface area contributed by atoms with E-state index in [0.717, 1.165) is 0 Å². The molecule has 0 aliphatic carbocycles. The zero-order valence-corrected chi connectivity index (χ0v) is 35.0. The van der Waals surface area contributed by atoms with Gasteiger partial charge in [-0.05, 0) is 74.7 Å². The highest BCUT2D eigenvalue weighted by atomic mass is 16.6. The first-order chi connectivity index (χ1) is 24.2. The van der Waals surface area contributed by atoms with E-state index in [1.807, 2.05) is 47.3 Å². The second kappa shape index (κ2) is 21.3. The van der Waals surface area contributed by atoms with Crippen LogP contribution >= 0.6 is 0 Å². The van der Waals surface area contributed by atoms with Gasteiger partial charge in [-0.3, -0.25) is 38.8 Å². The van der Waals surface area contributed by atoms with Crippen molar-refractivity contribution < 1.29 is 48.0 Å². The number of ether oxygens (including phenoxy) is 4. The Bertz CT molecular complexity index is 1140. The molecule has 1 aliphatic rings. The molecule has 1 rings (SSSR count). The summed E-state index contributed by atoms with van der Waals surface area (Å²) in [6.07, 6.45) is 0. The molecule has 308 valence electrons. The molecule has 1 heterocycles. The Balaban J connectivity index is 3.50. The molecule has 1 atom stereocenters. The third kappa shape index (κ3) is 21.6. The highest BCUT2D eigenvalue weighted by Gasteiger charge is 2.39. The van der Waals surface area contributed by atoms with Crippen LogP contribution in [-0.2, 0) is 42.9 Å². The lowest BCUT2D eigenvalue weighted by Gasteiger charge is -2.39. The van der Waals surface area contributed by atoms with Crippen LogP contribution in [0, 0.1) is 5.41 Å². The lowest BCUT2D eigenvalue weighted by molar-refractivity contribution is -0.158. The second-order valence-corrected chi connectivity index (χ2v) is 17.8. The number of carbonyl (C=O) groups excluding carboxylic acids is 4. The van der Waals surface area contributed by atoms with Crippen molar-refractivity contribution in [3.63, 3.8) is 0 Å². The van der Waals surface area contributed by atoms with Crippen LogP contribution in [0.2, 0.25) is 0 Å². The zero-order valence-electron chi connectivity index (χ0n) is 35.0. The fourth-order valence-corrected chi connectivity index (χ4v) is 5.84. The number of carboxylic acids is 1. The predicted molar refractivity (Wildman–Crippen MR) is 202 cm³/mol. The smallest absolute Gasteiger partial charge is 0.326 e. The van der Waals surface area contributed by atoms with Gasteiger partial charge in [0.25, 0.3) is 0 Å². The molecule has 0 bridgehead atoms. The number of hydrogen-bond donors (Lipinski definition) is 1. The van der Waals surface area contributed by atoms with Gasteiger partial charge in [-0.1, -0.05) is 20.8 Å². The van der Waals surface area contributed by atoms with Crippen molar-refractivity contribution in [2.75, 3.05) is 98.3 Å². The summed E-state index contributed by atoms with van der Waals surface area (Å²) in [6, 6.07) is -1.09. The minimum absolute atomic E-state index is 0.00427. The van der Waals surface area contributed by atoms with Crippen LogP contribution in [0.25, 0.3) is 0 Å². The Hall–Kier alpha value is -2.85. The number of amides is 1. The highest BCUT2D eigenvalue weighted by Crippen LogP contribution is 2.25. The third-order valence-electron chi connectivity index (χ3n) is 7.97. The lowest BCUT2D eigenvalue weighted by atomic mass is 9.85. The molecule has 0 aromatic heterocycles. The molecule has 0 saturated carbocycles. The van der Waals surface area contributed by atoms with Crippen LogP contribution in [-0.4, -0.2) is 181 Å². The summed E-state index contributed by atoms with van der Waals surface area (Å²) in [5.74, 6) is -2.63. The molecule has 1 unspecified atom stereocenters. The van der Waals surface area contributed by atoms with E-state index in [-0.39, 0.29) is 51.2 Å². The maximum atomic E-state index is 14.1. The van der Waals surface area contributed by atoms with E-state index >= 15 is 0 Å². The molecule has 0 aromatic rings. The molecular weight excluding hydrogens is 686 g/mol. The Morgan fingerprint density at radius 1 is 0.566 bits per heavy atom. The normalized spacial score (nSPS) is 17.6. The first-order valence-corrected chi connectivity index (χ1v) is 18.8. The topological polar surface area (TPSA) is 159 Å². The Morgan fingerprint density at radius 3 is 1.11 bits per heavy atom. The summed E-state index contributed by atoms with van der Waals surface area (Å²) >= 11 is 0. The Labute approximate surface area is 318 Å². The number of rotatable bonds is 14. The number of esters is 3. The van der Waals surface area contributed by atoms with Gasteiger partial charge >= 0.3 is 23.9 Å². The largest absolute Gasteiger partial charge is 0.480 e. The molecule has 0 radical (unpaired) electrons. The monoisotopic (exact) mass is 758 g/mol. The molecule has 1 aliphatic heterocycles. The number of carbonyl (C=O) groups is 5. The van der Waals surface area contributed by atoms with E-state index in [4.69, 9.17) is 18.9 Å². The highest BCUT2D eigenvalue weighted by molar-refractivity contribution is 5.85.